The van der Waals surface area contributed by atoms with Crippen molar-refractivity contribution in [2.45, 2.75) is 26.3 Å². The molecule has 0 saturated carbocycles. The zero-order valence-corrected chi connectivity index (χ0v) is 16.4. The first-order valence-electron chi connectivity index (χ1n) is 8.07. The zero-order chi connectivity index (χ0) is 17.8. The molecular weight excluding hydrogens is 433 g/mol. The Bertz CT molecular complexity index is 864. The van der Waals surface area contributed by atoms with Crippen molar-refractivity contribution < 1.29 is 9.47 Å². The first-order valence-corrected chi connectivity index (χ1v) is 9.15. The van der Waals surface area contributed by atoms with Crippen LogP contribution >= 0.6 is 22.6 Å². The minimum Gasteiger partial charge on any atom is -0.468 e. The molecule has 2 heterocycles. The van der Waals surface area contributed by atoms with E-state index in [1.165, 1.54) is 3.57 Å². The summed E-state index contributed by atoms with van der Waals surface area (Å²) in [6.07, 6.45) is 1.98. The van der Waals surface area contributed by atoms with Gasteiger partial charge in [-0.1, -0.05) is 25.5 Å². The van der Waals surface area contributed by atoms with E-state index < -0.39 is 0 Å². The summed E-state index contributed by atoms with van der Waals surface area (Å²) in [6.45, 7) is 3.23. The fourth-order valence-electron chi connectivity index (χ4n) is 2.42. The third-order valence-electron chi connectivity index (χ3n) is 3.73. The molecule has 7 nitrogen and oxygen atoms in total. The Morgan fingerprint density at radius 1 is 1.16 bits per heavy atom. The molecule has 0 atom stereocenters. The van der Waals surface area contributed by atoms with Crippen LogP contribution in [0.2, 0.25) is 0 Å². The van der Waals surface area contributed by atoms with E-state index in [9.17, 15) is 0 Å². The monoisotopic (exact) mass is 453 g/mol. The fraction of sp³-hybridized carbons (Fsp3) is 0.353. The lowest BCUT2D eigenvalue weighted by atomic mass is 10.2. The molecule has 1 aromatic carbocycles. The van der Waals surface area contributed by atoms with Crippen LogP contribution in [0.25, 0.3) is 11.2 Å². The van der Waals surface area contributed by atoms with Gasteiger partial charge in [0.25, 0.3) is 6.01 Å². The number of hydrogen-bond donors (Lipinski definition) is 1. The Kier molecular flexibility index (Phi) is 5.57. The number of hydrogen-bond acceptors (Lipinski definition) is 6. The van der Waals surface area contributed by atoms with E-state index in [-0.39, 0.29) is 11.8 Å². The van der Waals surface area contributed by atoms with E-state index in [1.807, 2.05) is 4.57 Å². The fourth-order valence-corrected chi connectivity index (χ4v) is 2.78. The Morgan fingerprint density at radius 2 is 1.92 bits per heavy atom. The molecule has 0 saturated heterocycles. The van der Waals surface area contributed by atoms with Crippen molar-refractivity contribution in [1.29, 1.82) is 0 Å². The Hall–Kier alpha value is -2.10. The molecule has 0 spiro atoms. The highest BCUT2D eigenvalue weighted by Crippen LogP contribution is 2.26. The number of ether oxygens (including phenoxy) is 2. The smallest absolute Gasteiger partial charge is 0.320 e. The second kappa shape index (κ2) is 7.85. The summed E-state index contributed by atoms with van der Waals surface area (Å²) in [4.78, 5) is 13.1. The molecule has 132 valence electrons. The van der Waals surface area contributed by atoms with Gasteiger partial charge in [0.1, 0.15) is 0 Å². The average molecular weight is 453 g/mol. The maximum Gasteiger partial charge on any atom is 0.320 e. The van der Waals surface area contributed by atoms with E-state index in [1.54, 1.807) is 7.11 Å². The quantitative estimate of drug-likeness (QED) is 0.437. The highest BCUT2D eigenvalue weighted by atomic mass is 127. The van der Waals surface area contributed by atoms with Crippen LogP contribution in [0.4, 0.5) is 5.82 Å². The molecule has 0 aliphatic heterocycles. The molecule has 0 aliphatic rings. The number of methoxy groups -OCH3 is 1. The zero-order valence-electron chi connectivity index (χ0n) is 14.2. The minimum atomic E-state index is 0.268. The first-order chi connectivity index (χ1) is 12.1. The van der Waals surface area contributed by atoms with Crippen molar-refractivity contribution in [2.24, 2.45) is 0 Å². The topological polar surface area (TPSA) is 88.1 Å². The molecule has 8 heteroatoms. The summed E-state index contributed by atoms with van der Waals surface area (Å²) in [5, 5.41) is 0. The molecule has 0 aliphatic carbocycles. The van der Waals surface area contributed by atoms with Gasteiger partial charge in [-0.2, -0.15) is 15.0 Å². The number of aromatic nitrogens is 4. The normalized spacial score (nSPS) is 11.0. The molecule has 2 N–H and O–H groups in total. The van der Waals surface area contributed by atoms with Crippen LogP contribution in [-0.4, -0.2) is 33.2 Å². The highest BCUT2D eigenvalue weighted by Gasteiger charge is 2.18. The number of nitrogens with zero attached hydrogens (tertiary/aromatic N) is 4. The van der Waals surface area contributed by atoms with Crippen LogP contribution in [0.1, 0.15) is 25.3 Å². The maximum atomic E-state index is 6.05. The standard InChI is InChI=1S/C17H20IN5O2/c1-3-4-9-25-16-21-14(19)13-15(22-16)23(17(20-13)24-2)10-11-5-7-12(18)8-6-11/h5-8H,3-4,9-10H2,1-2H3,(H2,19,21,22). The average Bonchev–Trinajstić information content (AvgIpc) is 2.95. The lowest BCUT2D eigenvalue weighted by Gasteiger charge is -2.09. The summed E-state index contributed by atoms with van der Waals surface area (Å²) in [6, 6.07) is 8.96. The SMILES string of the molecule is CCCCOc1nc(N)c2nc(OC)n(Cc3ccc(I)cc3)c2n1. The number of unbranched alkanes of at least 4 members (excludes halogenated alkanes) is 1. The van der Waals surface area contributed by atoms with Crippen LogP contribution in [0.15, 0.2) is 24.3 Å². The number of halogens is 1. The first kappa shape index (κ1) is 17.7. The lowest BCUT2D eigenvalue weighted by Crippen LogP contribution is -2.07. The van der Waals surface area contributed by atoms with Gasteiger partial charge in [0.15, 0.2) is 17.0 Å². The number of benzene rings is 1. The van der Waals surface area contributed by atoms with E-state index in [2.05, 4.69) is 68.7 Å². The number of nitrogens with two attached hydrogens (primary N) is 1. The summed E-state index contributed by atoms with van der Waals surface area (Å²) in [5.74, 6) is 0.288. The van der Waals surface area contributed by atoms with Crippen molar-refractivity contribution >= 4 is 39.6 Å². The number of anilines is 1. The van der Waals surface area contributed by atoms with Gasteiger partial charge >= 0.3 is 6.01 Å². The highest BCUT2D eigenvalue weighted by molar-refractivity contribution is 14.1. The molecule has 0 radical (unpaired) electrons. The maximum absolute atomic E-state index is 6.05. The number of nitrogen functional groups attached to an aromatic ring is 1. The summed E-state index contributed by atoms with van der Waals surface area (Å²) in [7, 11) is 1.58. The molecule has 0 fully saturated rings. The predicted octanol–water partition coefficient (Wildman–Crippen LogP) is 3.25. The molecule has 0 bridgehead atoms. The molecule has 25 heavy (non-hydrogen) atoms. The van der Waals surface area contributed by atoms with Gasteiger partial charge in [-0.15, -0.1) is 0 Å². The molecular formula is C17H20IN5O2. The Labute approximate surface area is 159 Å². The van der Waals surface area contributed by atoms with Gasteiger partial charge in [0.2, 0.25) is 0 Å². The van der Waals surface area contributed by atoms with Crippen LogP contribution in [0.3, 0.4) is 0 Å². The van der Waals surface area contributed by atoms with Crippen LogP contribution in [-0.2, 0) is 6.54 Å². The Morgan fingerprint density at radius 3 is 2.60 bits per heavy atom. The van der Waals surface area contributed by atoms with Gasteiger partial charge in [-0.05, 0) is 46.7 Å². The third kappa shape index (κ3) is 3.94. The van der Waals surface area contributed by atoms with Crippen molar-refractivity contribution in [3.8, 4) is 12.0 Å². The molecule has 2 aromatic heterocycles. The van der Waals surface area contributed by atoms with Crippen molar-refractivity contribution in [2.75, 3.05) is 19.5 Å². The van der Waals surface area contributed by atoms with Crippen molar-refractivity contribution in [3.05, 3.63) is 33.4 Å². The van der Waals surface area contributed by atoms with Gasteiger partial charge < -0.3 is 15.2 Å². The second-order valence-electron chi connectivity index (χ2n) is 5.58. The predicted molar refractivity (Wildman–Crippen MR) is 105 cm³/mol. The number of rotatable bonds is 7. The molecule has 3 rings (SSSR count). The summed E-state index contributed by atoms with van der Waals surface area (Å²) >= 11 is 2.28. The van der Waals surface area contributed by atoms with E-state index in [0.717, 1.165) is 18.4 Å². The van der Waals surface area contributed by atoms with Crippen LogP contribution in [0.5, 0.6) is 12.0 Å². The minimum absolute atomic E-state index is 0.268. The van der Waals surface area contributed by atoms with Gasteiger partial charge in [-0.3, -0.25) is 4.57 Å². The van der Waals surface area contributed by atoms with Crippen molar-refractivity contribution in [1.82, 2.24) is 19.5 Å². The van der Waals surface area contributed by atoms with Crippen molar-refractivity contribution in [3.63, 3.8) is 0 Å². The molecule has 3 aromatic rings. The number of fused-ring (bicyclic) bond motifs is 1. The Balaban J connectivity index is 2.00. The summed E-state index contributed by atoms with van der Waals surface area (Å²) < 4.78 is 14.1. The summed E-state index contributed by atoms with van der Waals surface area (Å²) in [5.41, 5.74) is 8.29. The van der Waals surface area contributed by atoms with Gasteiger partial charge in [0, 0.05) is 3.57 Å². The van der Waals surface area contributed by atoms with Crippen LogP contribution < -0.4 is 15.2 Å². The molecule has 0 unspecified atom stereocenters. The van der Waals surface area contributed by atoms with E-state index in [4.69, 9.17) is 15.2 Å². The second-order valence-corrected chi connectivity index (χ2v) is 6.82. The van der Waals surface area contributed by atoms with Gasteiger partial charge in [0.05, 0.1) is 20.3 Å². The van der Waals surface area contributed by atoms with E-state index >= 15 is 0 Å². The van der Waals surface area contributed by atoms with E-state index in [0.29, 0.717) is 30.3 Å². The largest absolute Gasteiger partial charge is 0.468 e. The molecule has 0 amide bonds. The number of imidazole rings is 1. The van der Waals surface area contributed by atoms with Crippen LogP contribution in [0, 0.1) is 3.57 Å². The van der Waals surface area contributed by atoms with Gasteiger partial charge in [-0.25, -0.2) is 0 Å². The lowest BCUT2D eigenvalue weighted by molar-refractivity contribution is 0.286. The third-order valence-corrected chi connectivity index (χ3v) is 4.45.